The first-order chi connectivity index (χ1) is 12.1. The van der Waals surface area contributed by atoms with E-state index in [4.69, 9.17) is 4.74 Å². The number of hydrogen-bond acceptors (Lipinski definition) is 2. The number of aromatic nitrogens is 2. The van der Waals surface area contributed by atoms with Crippen LogP contribution in [0.4, 0.5) is 4.39 Å². The van der Waals surface area contributed by atoms with E-state index in [0.29, 0.717) is 6.10 Å². The van der Waals surface area contributed by atoms with Gasteiger partial charge in [0.15, 0.2) is 0 Å². The largest absolute Gasteiger partial charge is 0.377 e. The van der Waals surface area contributed by atoms with E-state index >= 15 is 0 Å². The molecule has 2 aromatic rings. The van der Waals surface area contributed by atoms with Crippen molar-refractivity contribution >= 4 is 6.08 Å². The van der Waals surface area contributed by atoms with Crippen molar-refractivity contribution in [1.82, 2.24) is 9.78 Å². The zero-order valence-corrected chi connectivity index (χ0v) is 15.0. The molecule has 0 saturated heterocycles. The van der Waals surface area contributed by atoms with Crippen molar-refractivity contribution in [3.8, 4) is 5.69 Å². The van der Waals surface area contributed by atoms with Crippen molar-refractivity contribution < 1.29 is 9.13 Å². The van der Waals surface area contributed by atoms with E-state index in [-0.39, 0.29) is 11.2 Å². The Morgan fingerprint density at radius 2 is 2.12 bits per heavy atom. The molecule has 3 nitrogen and oxygen atoms in total. The number of nitrogens with zero attached hydrogens (tertiary/aromatic N) is 2. The molecule has 4 rings (SSSR count). The highest BCUT2D eigenvalue weighted by molar-refractivity contribution is 5.62. The van der Waals surface area contributed by atoms with Gasteiger partial charge in [0.05, 0.1) is 23.7 Å². The standard InChI is InChI=1S/C21H25FN2O/c1-3-4-11-25-20-10-5-16-12-19-15(13-21(16,20)2)14-23-24(19)18-8-6-17(22)7-9-18/h6-9,12,14,20H,3-5,10-11,13H2,1-2H3. The predicted molar refractivity (Wildman–Crippen MR) is 97.2 cm³/mol. The lowest BCUT2D eigenvalue weighted by atomic mass is 9.74. The highest BCUT2D eigenvalue weighted by Crippen LogP contribution is 2.50. The number of benzene rings is 1. The van der Waals surface area contributed by atoms with Crippen LogP contribution in [0.5, 0.6) is 0 Å². The molecule has 2 aliphatic carbocycles. The van der Waals surface area contributed by atoms with Crippen molar-refractivity contribution in [2.45, 2.75) is 52.1 Å². The molecular weight excluding hydrogens is 315 g/mol. The van der Waals surface area contributed by atoms with E-state index < -0.39 is 0 Å². The summed E-state index contributed by atoms with van der Waals surface area (Å²) >= 11 is 0. The molecule has 0 spiro atoms. The van der Waals surface area contributed by atoms with Crippen LogP contribution in [0.15, 0.2) is 36.0 Å². The first kappa shape index (κ1) is 16.5. The molecule has 1 heterocycles. The Morgan fingerprint density at radius 1 is 1.32 bits per heavy atom. The topological polar surface area (TPSA) is 27.1 Å². The van der Waals surface area contributed by atoms with E-state index in [1.165, 1.54) is 29.7 Å². The van der Waals surface area contributed by atoms with Crippen molar-refractivity contribution in [2.24, 2.45) is 5.41 Å². The fourth-order valence-electron chi connectivity index (χ4n) is 4.23. The number of rotatable bonds is 5. The molecule has 0 aliphatic heterocycles. The maximum absolute atomic E-state index is 13.2. The third kappa shape index (κ3) is 2.82. The van der Waals surface area contributed by atoms with Crippen LogP contribution in [0.1, 0.15) is 50.8 Å². The molecule has 25 heavy (non-hydrogen) atoms. The van der Waals surface area contributed by atoms with Crippen LogP contribution in [0.25, 0.3) is 11.8 Å². The van der Waals surface area contributed by atoms with E-state index in [9.17, 15) is 4.39 Å². The van der Waals surface area contributed by atoms with Gasteiger partial charge >= 0.3 is 0 Å². The maximum atomic E-state index is 13.2. The summed E-state index contributed by atoms with van der Waals surface area (Å²) in [6.07, 6.45) is 9.98. The summed E-state index contributed by atoms with van der Waals surface area (Å²) < 4.78 is 21.4. The second-order valence-electron chi connectivity index (χ2n) is 7.46. The lowest BCUT2D eigenvalue weighted by molar-refractivity contribution is -0.00438. The van der Waals surface area contributed by atoms with Gasteiger partial charge < -0.3 is 4.74 Å². The fraction of sp³-hybridized carbons (Fsp3) is 0.476. The SMILES string of the molecule is CCCCOC1CCC2=Cc3c(cnn3-c3ccc(F)cc3)CC21C. The summed E-state index contributed by atoms with van der Waals surface area (Å²) in [6.45, 7) is 5.38. The van der Waals surface area contributed by atoms with E-state index in [0.717, 1.165) is 43.7 Å². The number of unbranched alkanes of at least 4 members (excludes halogenated alkanes) is 1. The average molecular weight is 340 g/mol. The molecule has 0 radical (unpaired) electrons. The Hall–Kier alpha value is -1.94. The van der Waals surface area contributed by atoms with Gasteiger partial charge in [0, 0.05) is 12.0 Å². The van der Waals surface area contributed by atoms with Gasteiger partial charge in [-0.3, -0.25) is 0 Å². The molecule has 4 heteroatoms. The van der Waals surface area contributed by atoms with Gasteiger partial charge in [-0.15, -0.1) is 0 Å². The van der Waals surface area contributed by atoms with Crippen molar-refractivity contribution in [2.75, 3.05) is 6.61 Å². The minimum Gasteiger partial charge on any atom is -0.377 e. The van der Waals surface area contributed by atoms with E-state index in [1.807, 2.05) is 10.9 Å². The Balaban J connectivity index is 1.63. The first-order valence-electron chi connectivity index (χ1n) is 9.27. The van der Waals surface area contributed by atoms with E-state index in [2.05, 4.69) is 25.0 Å². The zero-order valence-electron chi connectivity index (χ0n) is 15.0. The summed E-state index contributed by atoms with van der Waals surface area (Å²) in [5.74, 6) is -0.224. The summed E-state index contributed by atoms with van der Waals surface area (Å²) in [4.78, 5) is 0. The summed E-state index contributed by atoms with van der Waals surface area (Å²) in [5, 5.41) is 4.57. The summed E-state index contributed by atoms with van der Waals surface area (Å²) in [7, 11) is 0. The second-order valence-corrected chi connectivity index (χ2v) is 7.46. The Morgan fingerprint density at radius 3 is 2.88 bits per heavy atom. The van der Waals surface area contributed by atoms with Crippen molar-refractivity contribution in [3.63, 3.8) is 0 Å². The van der Waals surface area contributed by atoms with Crippen LogP contribution in [0, 0.1) is 11.2 Å². The number of hydrogen-bond donors (Lipinski definition) is 0. The van der Waals surface area contributed by atoms with Gasteiger partial charge in [-0.25, -0.2) is 9.07 Å². The molecule has 1 aromatic carbocycles. The quantitative estimate of drug-likeness (QED) is 0.721. The maximum Gasteiger partial charge on any atom is 0.123 e. The monoisotopic (exact) mass is 340 g/mol. The first-order valence-corrected chi connectivity index (χ1v) is 9.27. The minimum absolute atomic E-state index is 0.0808. The summed E-state index contributed by atoms with van der Waals surface area (Å²) in [5.41, 5.74) is 4.83. The molecule has 1 saturated carbocycles. The van der Waals surface area contributed by atoms with Gasteiger partial charge in [-0.05, 0) is 61.6 Å². The molecule has 132 valence electrons. The molecule has 0 bridgehead atoms. The predicted octanol–water partition coefficient (Wildman–Crippen LogP) is 4.94. The number of fused-ring (bicyclic) bond motifs is 2. The Labute approximate surface area is 148 Å². The molecule has 2 unspecified atom stereocenters. The van der Waals surface area contributed by atoms with Crippen LogP contribution < -0.4 is 0 Å². The van der Waals surface area contributed by atoms with Crippen LogP contribution in [0.3, 0.4) is 0 Å². The Kier molecular flexibility index (Phi) is 4.24. The van der Waals surface area contributed by atoms with Gasteiger partial charge in [0.2, 0.25) is 0 Å². The fourth-order valence-corrected chi connectivity index (χ4v) is 4.23. The zero-order chi connectivity index (χ0) is 17.4. The van der Waals surface area contributed by atoms with Gasteiger partial charge in [0.1, 0.15) is 5.82 Å². The minimum atomic E-state index is -0.224. The molecule has 1 fully saturated rings. The molecule has 0 amide bonds. The lowest BCUT2D eigenvalue weighted by Crippen LogP contribution is -2.34. The number of halogens is 1. The van der Waals surface area contributed by atoms with Crippen molar-refractivity contribution in [1.29, 1.82) is 0 Å². The third-order valence-corrected chi connectivity index (χ3v) is 5.76. The smallest absolute Gasteiger partial charge is 0.123 e. The van der Waals surface area contributed by atoms with Crippen LogP contribution in [0.2, 0.25) is 0 Å². The average Bonchev–Trinajstić information content (AvgIpc) is 3.14. The molecule has 2 aliphatic rings. The van der Waals surface area contributed by atoms with Crippen molar-refractivity contribution in [3.05, 3.63) is 53.1 Å². The van der Waals surface area contributed by atoms with E-state index in [1.54, 1.807) is 12.1 Å². The molecule has 2 atom stereocenters. The van der Waals surface area contributed by atoms with Crippen LogP contribution >= 0.6 is 0 Å². The van der Waals surface area contributed by atoms with Gasteiger partial charge in [-0.2, -0.15) is 5.10 Å². The normalized spacial score (nSPS) is 24.8. The highest BCUT2D eigenvalue weighted by atomic mass is 19.1. The third-order valence-electron chi connectivity index (χ3n) is 5.76. The summed E-state index contributed by atoms with van der Waals surface area (Å²) in [6, 6.07) is 6.52. The Bertz CT molecular complexity index is 793. The van der Waals surface area contributed by atoms with Gasteiger partial charge in [-0.1, -0.05) is 25.8 Å². The second kappa shape index (κ2) is 6.41. The molecule has 1 aromatic heterocycles. The molecular formula is C21H25FN2O. The molecule has 0 N–H and O–H groups in total. The highest BCUT2D eigenvalue weighted by Gasteiger charge is 2.46. The van der Waals surface area contributed by atoms with Gasteiger partial charge in [0.25, 0.3) is 0 Å². The number of ether oxygens (including phenoxy) is 1. The lowest BCUT2D eigenvalue weighted by Gasteiger charge is -2.35. The van der Waals surface area contributed by atoms with Crippen LogP contribution in [-0.4, -0.2) is 22.5 Å². The van der Waals surface area contributed by atoms with Crippen LogP contribution in [-0.2, 0) is 11.2 Å².